The Labute approximate surface area is 186 Å². The Morgan fingerprint density at radius 1 is 0.969 bits per heavy atom. The molecule has 0 heterocycles. The van der Waals surface area contributed by atoms with E-state index in [2.05, 4.69) is 18.8 Å². The first-order valence-corrected chi connectivity index (χ1v) is 11.0. The fourth-order valence-electron chi connectivity index (χ4n) is 4.43. The summed E-state index contributed by atoms with van der Waals surface area (Å²) in [5.41, 5.74) is 1.44. The van der Waals surface area contributed by atoms with E-state index in [0.29, 0.717) is 34.1 Å². The molecule has 0 amide bonds. The Hall–Kier alpha value is -3.06. The van der Waals surface area contributed by atoms with E-state index >= 15 is 0 Å². The quantitative estimate of drug-likeness (QED) is 0.285. The van der Waals surface area contributed by atoms with Gasteiger partial charge in [0.25, 0.3) is 6.08 Å². The van der Waals surface area contributed by atoms with Gasteiger partial charge in [-0.15, -0.1) is 0 Å². The van der Waals surface area contributed by atoms with Crippen molar-refractivity contribution in [1.29, 1.82) is 0 Å². The maximum Gasteiger partial charge on any atom is 0.271 e. The zero-order valence-corrected chi connectivity index (χ0v) is 17.9. The van der Waals surface area contributed by atoms with Crippen LogP contribution in [-0.2, 0) is 0 Å². The molecule has 3 aromatic rings. The molecule has 4 heteroatoms. The van der Waals surface area contributed by atoms with E-state index in [1.807, 2.05) is 0 Å². The largest absolute Gasteiger partial charge is 0.271 e. The molecule has 164 valence electrons. The van der Waals surface area contributed by atoms with Gasteiger partial charge in [-0.2, -0.15) is 8.78 Å². The average Bonchev–Trinajstić information content (AvgIpc) is 2.79. The van der Waals surface area contributed by atoms with E-state index in [-0.39, 0.29) is 10.9 Å². The summed E-state index contributed by atoms with van der Waals surface area (Å²) in [4.78, 5) is 0. The first-order chi connectivity index (χ1) is 15.4. The van der Waals surface area contributed by atoms with Gasteiger partial charge in [0.05, 0.1) is 0 Å². The Morgan fingerprint density at radius 2 is 1.75 bits per heavy atom. The minimum atomic E-state index is -1.96. The molecule has 0 saturated heterocycles. The lowest BCUT2D eigenvalue weighted by molar-refractivity contribution is 0.309. The fourth-order valence-corrected chi connectivity index (χ4v) is 4.43. The molecular weight excluding hydrogens is 412 g/mol. The van der Waals surface area contributed by atoms with Gasteiger partial charge in [0.1, 0.15) is 11.6 Å². The summed E-state index contributed by atoms with van der Waals surface area (Å²) < 4.78 is 54.4. The molecule has 0 atom stereocenters. The summed E-state index contributed by atoms with van der Waals surface area (Å²) in [5, 5.41) is 0.729. The number of fused-ring (bicyclic) bond motifs is 1. The highest BCUT2D eigenvalue weighted by atomic mass is 19.3. The third kappa shape index (κ3) is 4.88. The number of hydrogen-bond donors (Lipinski definition) is 0. The molecule has 0 unspecified atom stereocenters. The van der Waals surface area contributed by atoms with Crippen LogP contribution in [0.4, 0.5) is 17.6 Å². The van der Waals surface area contributed by atoms with Crippen molar-refractivity contribution in [2.45, 2.75) is 39.0 Å². The number of rotatable bonds is 3. The van der Waals surface area contributed by atoms with Gasteiger partial charge < -0.3 is 0 Å². The topological polar surface area (TPSA) is 0 Å². The SMILES string of the molecule is CCC1CCC(C#Cc2ccc(-c3ccc4c(F)c(C=C(F)F)ccc4c3)c(F)c2)CC1. The minimum Gasteiger partial charge on any atom is -0.206 e. The van der Waals surface area contributed by atoms with Gasteiger partial charge in [-0.05, 0) is 60.7 Å². The zero-order chi connectivity index (χ0) is 22.7. The van der Waals surface area contributed by atoms with Gasteiger partial charge in [0, 0.05) is 34.1 Å². The second-order valence-corrected chi connectivity index (χ2v) is 8.43. The highest BCUT2D eigenvalue weighted by Gasteiger charge is 2.18. The molecule has 1 saturated carbocycles. The van der Waals surface area contributed by atoms with E-state index in [4.69, 9.17) is 0 Å². The molecule has 3 aromatic carbocycles. The van der Waals surface area contributed by atoms with Gasteiger partial charge >= 0.3 is 0 Å². The minimum absolute atomic E-state index is 0.178. The van der Waals surface area contributed by atoms with E-state index in [1.54, 1.807) is 30.3 Å². The lowest BCUT2D eigenvalue weighted by atomic mass is 9.81. The molecule has 0 N–H and O–H groups in total. The van der Waals surface area contributed by atoms with E-state index < -0.39 is 17.7 Å². The number of halogens is 4. The Kier molecular flexibility index (Phi) is 6.65. The molecule has 0 aliphatic heterocycles. The van der Waals surface area contributed by atoms with Crippen LogP contribution in [0.2, 0.25) is 0 Å². The number of benzene rings is 3. The highest BCUT2D eigenvalue weighted by Crippen LogP contribution is 2.31. The normalized spacial score (nSPS) is 18.2. The van der Waals surface area contributed by atoms with Crippen LogP contribution in [0.3, 0.4) is 0 Å². The lowest BCUT2D eigenvalue weighted by Gasteiger charge is -2.24. The molecule has 32 heavy (non-hydrogen) atoms. The average molecular weight is 436 g/mol. The van der Waals surface area contributed by atoms with Crippen LogP contribution in [0.1, 0.15) is 50.2 Å². The van der Waals surface area contributed by atoms with Gasteiger partial charge in [-0.3, -0.25) is 0 Å². The molecular formula is C28H24F4. The molecule has 0 aromatic heterocycles. The second-order valence-electron chi connectivity index (χ2n) is 8.43. The van der Waals surface area contributed by atoms with Crippen molar-refractivity contribution >= 4 is 16.8 Å². The van der Waals surface area contributed by atoms with E-state index in [1.165, 1.54) is 37.5 Å². The third-order valence-corrected chi connectivity index (χ3v) is 6.37. The lowest BCUT2D eigenvalue weighted by Crippen LogP contribution is -2.12. The van der Waals surface area contributed by atoms with Crippen molar-refractivity contribution in [3.63, 3.8) is 0 Å². The summed E-state index contributed by atoms with van der Waals surface area (Å²) in [7, 11) is 0. The summed E-state index contributed by atoms with van der Waals surface area (Å²) in [6.45, 7) is 2.23. The van der Waals surface area contributed by atoms with Crippen LogP contribution in [0.5, 0.6) is 0 Å². The smallest absolute Gasteiger partial charge is 0.206 e. The third-order valence-electron chi connectivity index (χ3n) is 6.37. The van der Waals surface area contributed by atoms with Crippen molar-refractivity contribution in [1.82, 2.24) is 0 Å². The van der Waals surface area contributed by atoms with Gasteiger partial charge in [0.15, 0.2) is 0 Å². The summed E-state index contributed by atoms with van der Waals surface area (Å²) >= 11 is 0. The Balaban J connectivity index is 1.57. The molecule has 1 aliphatic carbocycles. The van der Waals surface area contributed by atoms with E-state index in [0.717, 1.165) is 18.8 Å². The molecule has 4 rings (SSSR count). The molecule has 0 bridgehead atoms. The second kappa shape index (κ2) is 9.61. The van der Waals surface area contributed by atoms with Crippen LogP contribution in [0.25, 0.3) is 28.0 Å². The van der Waals surface area contributed by atoms with Gasteiger partial charge in [-0.25, -0.2) is 8.78 Å². The molecule has 0 nitrogen and oxygen atoms in total. The monoisotopic (exact) mass is 436 g/mol. The van der Waals surface area contributed by atoms with Crippen LogP contribution >= 0.6 is 0 Å². The maximum absolute atomic E-state index is 14.9. The van der Waals surface area contributed by atoms with Crippen molar-refractivity contribution in [3.05, 3.63) is 77.4 Å². The van der Waals surface area contributed by atoms with Crippen molar-refractivity contribution in [2.75, 3.05) is 0 Å². The first-order valence-electron chi connectivity index (χ1n) is 11.0. The summed E-state index contributed by atoms with van der Waals surface area (Å²) in [6, 6.07) is 12.5. The fraction of sp³-hybridized carbons (Fsp3) is 0.286. The molecule has 0 radical (unpaired) electrons. The molecule has 1 aliphatic rings. The predicted octanol–water partition coefficient (Wildman–Crippen LogP) is 8.59. The standard InChI is InChI=1S/C28H24F4/c1-2-18-3-5-19(6-4-18)7-8-20-9-13-24(26(29)15-20)21-12-14-25-22(16-21)10-11-23(28(25)32)17-27(30)31/h9-19H,2-6H2,1H3. The molecule has 1 fully saturated rings. The predicted molar refractivity (Wildman–Crippen MR) is 122 cm³/mol. The highest BCUT2D eigenvalue weighted by molar-refractivity contribution is 5.89. The maximum atomic E-state index is 14.9. The van der Waals surface area contributed by atoms with E-state index in [9.17, 15) is 17.6 Å². The molecule has 0 spiro atoms. The van der Waals surface area contributed by atoms with Crippen molar-refractivity contribution in [3.8, 4) is 23.0 Å². The van der Waals surface area contributed by atoms with Crippen LogP contribution in [-0.4, -0.2) is 0 Å². The van der Waals surface area contributed by atoms with Crippen LogP contribution in [0.15, 0.2) is 54.6 Å². The van der Waals surface area contributed by atoms with Gasteiger partial charge in [0.2, 0.25) is 0 Å². The number of hydrogen-bond acceptors (Lipinski definition) is 0. The van der Waals surface area contributed by atoms with Crippen molar-refractivity contribution in [2.24, 2.45) is 11.8 Å². The summed E-state index contributed by atoms with van der Waals surface area (Å²) in [5.74, 6) is 6.49. The Morgan fingerprint density at radius 3 is 2.44 bits per heavy atom. The first kappa shape index (κ1) is 22.1. The zero-order valence-electron chi connectivity index (χ0n) is 17.9. The van der Waals surface area contributed by atoms with Crippen molar-refractivity contribution < 1.29 is 17.6 Å². The summed E-state index contributed by atoms with van der Waals surface area (Å²) in [6.07, 6.45) is 4.40. The van der Waals surface area contributed by atoms with Crippen LogP contribution < -0.4 is 0 Å². The van der Waals surface area contributed by atoms with Crippen LogP contribution in [0, 0.1) is 35.3 Å². The van der Waals surface area contributed by atoms with Gasteiger partial charge in [-0.1, -0.05) is 55.5 Å². The Bertz CT molecular complexity index is 1220.